The van der Waals surface area contributed by atoms with Gasteiger partial charge in [-0.15, -0.1) is 0 Å². The van der Waals surface area contributed by atoms with Crippen molar-refractivity contribution >= 4 is 46.3 Å². The van der Waals surface area contributed by atoms with Crippen molar-refractivity contribution in [1.82, 2.24) is 0 Å². The molecule has 0 spiro atoms. The zero-order chi connectivity index (χ0) is 16.7. The van der Waals surface area contributed by atoms with Gasteiger partial charge in [0, 0.05) is 5.02 Å². The van der Waals surface area contributed by atoms with Crippen molar-refractivity contribution in [1.29, 1.82) is 0 Å². The number of benzene rings is 2. The molecule has 0 atom stereocenters. The lowest BCUT2D eigenvalue weighted by Crippen LogP contribution is -2.31. The second-order valence-corrected chi connectivity index (χ2v) is 5.89. The number of hydrogen-bond acceptors (Lipinski definition) is 2. The highest BCUT2D eigenvalue weighted by atomic mass is 35.5. The van der Waals surface area contributed by atoms with Crippen LogP contribution in [0.25, 0.3) is 5.57 Å². The molecule has 0 fully saturated rings. The molecule has 3 nitrogen and oxygen atoms in total. The van der Waals surface area contributed by atoms with Crippen LogP contribution in [0.2, 0.25) is 5.02 Å². The van der Waals surface area contributed by atoms with Crippen molar-refractivity contribution in [2.45, 2.75) is 6.92 Å². The Bertz CT molecular complexity index is 859. The fraction of sp³-hybridized carbons (Fsp3) is 0.0588. The minimum absolute atomic E-state index is 0.0519. The van der Waals surface area contributed by atoms with Gasteiger partial charge in [0.25, 0.3) is 11.8 Å². The molecule has 0 unspecified atom stereocenters. The minimum Gasteiger partial charge on any atom is -0.268 e. The molecule has 2 aromatic carbocycles. The number of halogens is 3. The molecule has 0 aromatic heterocycles. The Morgan fingerprint density at radius 3 is 2.26 bits per heavy atom. The standard InChI is InChI=1S/C17H10Cl2FNO2/c1-9-2-5-11(18)8-13(9)21-16(22)14(15(19)17(21)23)10-3-6-12(20)7-4-10/h2-8H,1H3. The molecule has 3 rings (SSSR count). The van der Waals surface area contributed by atoms with E-state index >= 15 is 0 Å². The van der Waals surface area contributed by atoms with Crippen molar-refractivity contribution in [2.75, 3.05) is 4.90 Å². The first-order chi connectivity index (χ1) is 10.9. The van der Waals surface area contributed by atoms with Crippen LogP contribution < -0.4 is 4.90 Å². The molecule has 1 aliphatic rings. The Morgan fingerprint density at radius 2 is 1.61 bits per heavy atom. The maximum absolute atomic E-state index is 13.1. The van der Waals surface area contributed by atoms with E-state index in [1.165, 1.54) is 30.3 Å². The monoisotopic (exact) mass is 349 g/mol. The van der Waals surface area contributed by atoms with Crippen LogP contribution in [0.4, 0.5) is 10.1 Å². The smallest absolute Gasteiger partial charge is 0.268 e. The molecule has 2 amide bonds. The summed E-state index contributed by atoms with van der Waals surface area (Å²) in [6.07, 6.45) is 0. The largest absolute Gasteiger partial charge is 0.277 e. The molecule has 23 heavy (non-hydrogen) atoms. The van der Waals surface area contributed by atoms with Gasteiger partial charge >= 0.3 is 0 Å². The van der Waals surface area contributed by atoms with E-state index in [-0.39, 0.29) is 10.6 Å². The Labute approximate surface area is 141 Å². The molecule has 116 valence electrons. The number of carbonyl (C=O) groups excluding carboxylic acids is 2. The zero-order valence-electron chi connectivity index (χ0n) is 11.9. The zero-order valence-corrected chi connectivity index (χ0v) is 13.5. The summed E-state index contributed by atoms with van der Waals surface area (Å²) in [5.41, 5.74) is 1.52. The summed E-state index contributed by atoms with van der Waals surface area (Å²) in [6, 6.07) is 10.1. The number of imide groups is 1. The number of hydrogen-bond donors (Lipinski definition) is 0. The SMILES string of the molecule is Cc1ccc(Cl)cc1N1C(=O)C(Cl)=C(c2ccc(F)cc2)C1=O. The fourth-order valence-electron chi connectivity index (χ4n) is 2.41. The number of carbonyl (C=O) groups is 2. The third kappa shape index (κ3) is 2.64. The lowest BCUT2D eigenvalue weighted by atomic mass is 10.1. The van der Waals surface area contributed by atoms with Gasteiger partial charge < -0.3 is 0 Å². The molecule has 0 aliphatic carbocycles. The van der Waals surface area contributed by atoms with E-state index in [1.54, 1.807) is 19.1 Å². The third-order valence-corrected chi connectivity index (χ3v) is 4.16. The number of rotatable bonds is 2. The van der Waals surface area contributed by atoms with Gasteiger partial charge in [-0.05, 0) is 42.3 Å². The molecule has 6 heteroatoms. The quantitative estimate of drug-likeness (QED) is 0.757. The second kappa shape index (κ2) is 5.80. The van der Waals surface area contributed by atoms with Gasteiger partial charge in [0.15, 0.2) is 0 Å². The van der Waals surface area contributed by atoms with E-state index < -0.39 is 17.6 Å². The van der Waals surface area contributed by atoms with Gasteiger partial charge in [-0.2, -0.15) is 0 Å². The highest BCUT2D eigenvalue weighted by Crippen LogP contribution is 2.36. The van der Waals surface area contributed by atoms with E-state index in [9.17, 15) is 14.0 Å². The number of amides is 2. The predicted molar refractivity (Wildman–Crippen MR) is 87.9 cm³/mol. The predicted octanol–water partition coefficient (Wildman–Crippen LogP) is 4.31. The van der Waals surface area contributed by atoms with E-state index in [0.717, 1.165) is 4.90 Å². The van der Waals surface area contributed by atoms with E-state index in [0.29, 0.717) is 21.8 Å². The highest BCUT2D eigenvalue weighted by Gasteiger charge is 2.39. The van der Waals surface area contributed by atoms with Gasteiger partial charge in [0.05, 0.1) is 11.3 Å². The van der Waals surface area contributed by atoms with Gasteiger partial charge in [-0.25, -0.2) is 9.29 Å². The van der Waals surface area contributed by atoms with Gasteiger partial charge in [0.2, 0.25) is 0 Å². The van der Waals surface area contributed by atoms with Crippen LogP contribution in [0.1, 0.15) is 11.1 Å². The molecule has 1 aliphatic heterocycles. The Morgan fingerprint density at radius 1 is 0.957 bits per heavy atom. The topological polar surface area (TPSA) is 37.4 Å². The van der Waals surface area contributed by atoms with E-state index in [1.807, 2.05) is 0 Å². The van der Waals surface area contributed by atoms with Crippen LogP contribution in [0.15, 0.2) is 47.5 Å². The summed E-state index contributed by atoms with van der Waals surface area (Å²) < 4.78 is 13.1. The number of nitrogens with zero attached hydrogens (tertiary/aromatic N) is 1. The van der Waals surface area contributed by atoms with Crippen LogP contribution in [0.5, 0.6) is 0 Å². The van der Waals surface area contributed by atoms with Crippen LogP contribution in [0, 0.1) is 12.7 Å². The first kappa shape index (κ1) is 15.7. The summed E-state index contributed by atoms with van der Waals surface area (Å²) in [6.45, 7) is 1.76. The van der Waals surface area contributed by atoms with Crippen molar-refractivity contribution in [3.63, 3.8) is 0 Å². The summed E-state index contributed by atoms with van der Waals surface area (Å²) in [5.74, 6) is -1.62. The van der Waals surface area contributed by atoms with Crippen molar-refractivity contribution in [2.24, 2.45) is 0 Å². The third-order valence-electron chi connectivity index (χ3n) is 3.57. The number of aryl methyl sites for hydroxylation is 1. The second-order valence-electron chi connectivity index (χ2n) is 5.07. The first-order valence-corrected chi connectivity index (χ1v) is 7.46. The average molecular weight is 350 g/mol. The first-order valence-electron chi connectivity index (χ1n) is 6.71. The van der Waals surface area contributed by atoms with E-state index in [4.69, 9.17) is 23.2 Å². The summed E-state index contributed by atoms with van der Waals surface area (Å²) in [5, 5.41) is 0.207. The maximum Gasteiger partial charge on any atom is 0.277 e. The minimum atomic E-state index is -0.624. The summed E-state index contributed by atoms with van der Waals surface area (Å²) >= 11 is 12.0. The van der Waals surface area contributed by atoms with Crippen molar-refractivity contribution in [3.8, 4) is 0 Å². The molecule has 0 N–H and O–H groups in total. The Balaban J connectivity index is 2.09. The van der Waals surface area contributed by atoms with Crippen LogP contribution in [-0.4, -0.2) is 11.8 Å². The fourth-order valence-corrected chi connectivity index (χ4v) is 2.85. The Kier molecular flexibility index (Phi) is 3.96. The Hall–Kier alpha value is -2.17. The van der Waals surface area contributed by atoms with E-state index in [2.05, 4.69) is 0 Å². The molecule has 1 heterocycles. The van der Waals surface area contributed by atoms with Crippen LogP contribution in [0.3, 0.4) is 0 Å². The molecular weight excluding hydrogens is 340 g/mol. The lowest BCUT2D eigenvalue weighted by Gasteiger charge is -2.17. The average Bonchev–Trinajstić information content (AvgIpc) is 2.73. The summed E-state index contributed by atoms with van der Waals surface area (Å²) in [7, 11) is 0. The van der Waals surface area contributed by atoms with Gasteiger partial charge in [0.1, 0.15) is 10.8 Å². The highest BCUT2D eigenvalue weighted by molar-refractivity contribution is 6.60. The van der Waals surface area contributed by atoms with Crippen molar-refractivity contribution in [3.05, 3.63) is 69.5 Å². The van der Waals surface area contributed by atoms with Crippen LogP contribution in [-0.2, 0) is 9.59 Å². The molecule has 0 saturated carbocycles. The molecular formula is C17H10Cl2FNO2. The number of anilines is 1. The molecule has 2 aromatic rings. The van der Waals surface area contributed by atoms with Crippen LogP contribution >= 0.6 is 23.2 Å². The maximum atomic E-state index is 13.1. The lowest BCUT2D eigenvalue weighted by molar-refractivity contribution is -0.119. The molecule has 0 saturated heterocycles. The normalized spacial score (nSPS) is 14.9. The van der Waals surface area contributed by atoms with Gasteiger partial charge in [-0.3, -0.25) is 9.59 Å². The molecule has 0 radical (unpaired) electrons. The summed E-state index contributed by atoms with van der Waals surface area (Å²) in [4.78, 5) is 26.1. The van der Waals surface area contributed by atoms with Gasteiger partial charge in [-0.1, -0.05) is 41.4 Å². The van der Waals surface area contributed by atoms with Crippen molar-refractivity contribution < 1.29 is 14.0 Å². The molecule has 0 bridgehead atoms.